The number of nitrogens with zero attached hydrogens (tertiary/aromatic N) is 1. The number of aliphatic hydroxyl groups excluding tert-OH is 1. The molecule has 5 heteroatoms. The topological polar surface area (TPSA) is 69.6 Å². The maximum atomic E-state index is 12.7. The number of hydrogen-bond acceptors (Lipinski definition) is 3. The lowest BCUT2D eigenvalue weighted by Gasteiger charge is -2.61. The molecular weight excluding hydrogens is 340 g/mol. The van der Waals surface area contributed by atoms with Gasteiger partial charge in [-0.1, -0.05) is 13.8 Å². The van der Waals surface area contributed by atoms with Crippen molar-refractivity contribution < 1.29 is 14.7 Å². The van der Waals surface area contributed by atoms with Gasteiger partial charge in [0.15, 0.2) is 0 Å². The van der Waals surface area contributed by atoms with Crippen LogP contribution in [0.3, 0.4) is 0 Å². The third kappa shape index (κ3) is 2.75. The molecule has 3 saturated carbocycles. The van der Waals surface area contributed by atoms with Gasteiger partial charge in [0, 0.05) is 32.0 Å². The lowest BCUT2D eigenvalue weighted by atomic mass is 9.47. The van der Waals surface area contributed by atoms with Crippen molar-refractivity contribution in [1.29, 1.82) is 0 Å². The predicted molar refractivity (Wildman–Crippen MR) is 104 cm³/mol. The van der Waals surface area contributed by atoms with E-state index in [2.05, 4.69) is 19.2 Å². The Balaban J connectivity index is 1.56. The Morgan fingerprint density at radius 2 is 1.85 bits per heavy atom. The highest BCUT2D eigenvalue weighted by atomic mass is 16.3. The van der Waals surface area contributed by atoms with Gasteiger partial charge >= 0.3 is 0 Å². The highest BCUT2D eigenvalue weighted by Crippen LogP contribution is 2.66. The Bertz CT molecular complexity index is 623. The van der Waals surface area contributed by atoms with Crippen molar-refractivity contribution in [2.75, 3.05) is 20.2 Å². The minimum absolute atomic E-state index is 0.00921. The van der Waals surface area contributed by atoms with Gasteiger partial charge in [-0.2, -0.15) is 0 Å². The normalized spacial score (nSPS) is 46.4. The standard InChI is InChI=1S/C22H36N2O3/c1-21-10-8-16-14(15(21)5-6-17(21)20(27)23-12-13-25)4-7-18-22(16,2)11-9-19(26)24(18)3/h14-18,25H,4-13H2,1-3H3,(H,23,27)/t14-,15-,16-,17+,18?,21-,22+/m0/s1. The summed E-state index contributed by atoms with van der Waals surface area (Å²) < 4.78 is 0. The molecule has 1 heterocycles. The molecule has 4 fully saturated rings. The van der Waals surface area contributed by atoms with Gasteiger partial charge < -0.3 is 15.3 Å². The van der Waals surface area contributed by atoms with E-state index in [1.54, 1.807) is 0 Å². The van der Waals surface area contributed by atoms with Crippen LogP contribution in [0.1, 0.15) is 65.2 Å². The molecule has 3 aliphatic carbocycles. The molecule has 27 heavy (non-hydrogen) atoms. The molecule has 2 N–H and O–H groups in total. The largest absolute Gasteiger partial charge is 0.395 e. The fraction of sp³-hybridized carbons (Fsp3) is 0.909. The van der Waals surface area contributed by atoms with Crippen LogP contribution in [0.5, 0.6) is 0 Å². The first-order valence-corrected chi connectivity index (χ1v) is 11.0. The van der Waals surface area contributed by atoms with Gasteiger partial charge in [0.2, 0.25) is 11.8 Å². The number of carbonyl (C=O) groups is 2. The highest BCUT2D eigenvalue weighted by Gasteiger charge is 2.62. The summed E-state index contributed by atoms with van der Waals surface area (Å²) in [6, 6.07) is 0.398. The lowest BCUT2D eigenvalue weighted by molar-refractivity contribution is -0.159. The smallest absolute Gasteiger partial charge is 0.223 e. The monoisotopic (exact) mass is 376 g/mol. The number of likely N-dealkylation sites (tertiary alicyclic amines) is 1. The molecule has 1 aliphatic heterocycles. The molecule has 1 unspecified atom stereocenters. The zero-order valence-corrected chi connectivity index (χ0v) is 17.2. The van der Waals surface area contributed by atoms with Gasteiger partial charge in [-0.15, -0.1) is 0 Å². The molecule has 0 aromatic heterocycles. The third-order valence-corrected chi connectivity index (χ3v) is 9.28. The number of fused-ring (bicyclic) bond motifs is 5. The first kappa shape index (κ1) is 19.2. The molecule has 4 aliphatic rings. The summed E-state index contributed by atoms with van der Waals surface area (Å²) >= 11 is 0. The van der Waals surface area contributed by atoms with Crippen molar-refractivity contribution in [3.63, 3.8) is 0 Å². The van der Waals surface area contributed by atoms with Gasteiger partial charge in [-0.3, -0.25) is 9.59 Å². The Morgan fingerprint density at radius 1 is 1.11 bits per heavy atom. The van der Waals surface area contributed by atoms with Gasteiger partial charge in [-0.05, 0) is 73.5 Å². The second kappa shape index (κ2) is 6.75. The van der Waals surface area contributed by atoms with Crippen LogP contribution in [0.15, 0.2) is 0 Å². The van der Waals surface area contributed by atoms with Crippen LogP contribution in [0.25, 0.3) is 0 Å². The van der Waals surface area contributed by atoms with E-state index >= 15 is 0 Å². The van der Waals surface area contributed by atoms with Crippen LogP contribution in [0, 0.1) is 34.5 Å². The van der Waals surface area contributed by atoms with E-state index in [9.17, 15) is 9.59 Å². The minimum Gasteiger partial charge on any atom is -0.395 e. The number of nitrogens with one attached hydrogen (secondary N) is 1. The van der Waals surface area contributed by atoms with Crippen LogP contribution >= 0.6 is 0 Å². The number of aliphatic hydroxyl groups is 1. The van der Waals surface area contributed by atoms with Gasteiger partial charge in [0.05, 0.1) is 6.61 Å². The minimum atomic E-state index is 0.00921. The van der Waals surface area contributed by atoms with Crippen molar-refractivity contribution in [2.24, 2.45) is 34.5 Å². The number of rotatable bonds is 3. The maximum Gasteiger partial charge on any atom is 0.223 e. The second-order valence-corrected chi connectivity index (χ2v) is 10.2. The molecule has 0 spiro atoms. The van der Waals surface area contributed by atoms with Gasteiger partial charge in [0.1, 0.15) is 0 Å². The van der Waals surface area contributed by atoms with Crippen molar-refractivity contribution in [3.8, 4) is 0 Å². The summed E-state index contributed by atoms with van der Waals surface area (Å²) in [7, 11) is 2.01. The highest BCUT2D eigenvalue weighted by molar-refractivity contribution is 5.80. The molecular formula is C22H36N2O3. The van der Waals surface area contributed by atoms with Gasteiger partial charge in [-0.25, -0.2) is 0 Å². The fourth-order valence-corrected chi connectivity index (χ4v) is 7.88. The maximum absolute atomic E-state index is 12.7. The molecule has 0 bridgehead atoms. The zero-order valence-electron chi connectivity index (χ0n) is 17.2. The molecule has 0 aromatic carbocycles. The third-order valence-electron chi connectivity index (χ3n) is 9.28. The molecule has 0 aromatic rings. The van der Waals surface area contributed by atoms with Crippen LogP contribution < -0.4 is 5.32 Å². The summed E-state index contributed by atoms with van der Waals surface area (Å²) in [5.41, 5.74) is 0.338. The molecule has 7 atom stereocenters. The molecule has 152 valence electrons. The fourth-order valence-electron chi connectivity index (χ4n) is 7.88. The van der Waals surface area contributed by atoms with E-state index in [-0.39, 0.29) is 29.3 Å². The molecule has 0 radical (unpaired) electrons. The first-order chi connectivity index (χ1) is 12.8. The molecule has 1 saturated heterocycles. The Morgan fingerprint density at radius 3 is 2.59 bits per heavy atom. The second-order valence-electron chi connectivity index (χ2n) is 10.2. The Labute approximate surface area is 163 Å². The SMILES string of the molecule is CN1C(=O)CC[C@@]2(C)C1CC[C@H]1[C@@H]3CC[C@H](C(=O)NCCO)[C@@]3(C)CC[C@@H]12. The molecule has 5 nitrogen and oxygen atoms in total. The van der Waals surface area contributed by atoms with E-state index in [0.717, 1.165) is 32.1 Å². The van der Waals surface area contributed by atoms with E-state index in [0.29, 0.717) is 42.7 Å². The van der Waals surface area contributed by atoms with E-state index in [1.165, 1.54) is 12.8 Å². The Hall–Kier alpha value is -1.10. The quantitative estimate of drug-likeness (QED) is 0.795. The summed E-state index contributed by atoms with van der Waals surface area (Å²) in [5, 5.41) is 12.0. The van der Waals surface area contributed by atoms with E-state index < -0.39 is 0 Å². The summed E-state index contributed by atoms with van der Waals surface area (Å²) in [6.07, 6.45) is 8.51. The van der Waals surface area contributed by atoms with Crippen LogP contribution in [-0.4, -0.2) is 48.1 Å². The van der Waals surface area contributed by atoms with Crippen molar-refractivity contribution in [1.82, 2.24) is 10.2 Å². The van der Waals surface area contributed by atoms with Crippen molar-refractivity contribution in [3.05, 3.63) is 0 Å². The summed E-state index contributed by atoms with van der Waals surface area (Å²) in [5.74, 6) is 2.57. The van der Waals surface area contributed by atoms with Gasteiger partial charge in [0.25, 0.3) is 0 Å². The molecule has 2 amide bonds. The Kier molecular flexibility index (Phi) is 4.81. The average Bonchev–Trinajstić information content (AvgIpc) is 3.00. The average molecular weight is 377 g/mol. The number of carbonyl (C=O) groups excluding carboxylic acids is 2. The van der Waals surface area contributed by atoms with Crippen molar-refractivity contribution >= 4 is 11.8 Å². The van der Waals surface area contributed by atoms with Crippen LogP contribution in [0.2, 0.25) is 0 Å². The predicted octanol–water partition coefficient (Wildman–Crippen LogP) is 2.57. The zero-order chi connectivity index (χ0) is 19.4. The van der Waals surface area contributed by atoms with E-state index in [4.69, 9.17) is 5.11 Å². The van der Waals surface area contributed by atoms with Crippen molar-refractivity contribution in [2.45, 2.75) is 71.3 Å². The molecule has 4 rings (SSSR count). The summed E-state index contributed by atoms with van der Waals surface area (Å²) in [6.45, 7) is 5.17. The lowest BCUT2D eigenvalue weighted by Crippen LogP contribution is -2.61. The number of piperidine rings is 1. The van der Waals surface area contributed by atoms with Crippen LogP contribution in [0.4, 0.5) is 0 Å². The number of hydrogen-bond donors (Lipinski definition) is 2. The first-order valence-electron chi connectivity index (χ1n) is 11.0. The van der Waals surface area contributed by atoms with E-state index in [1.807, 2.05) is 11.9 Å². The summed E-state index contributed by atoms with van der Waals surface area (Å²) in [4.78, 5) is 27.0. The number of amides is 2. The van der Waals surface area contributed by atoms with Crippen LogP contribution in [-0.2, 0) is 9.59 Å².